The van der Waals surface area contributed by atoms with E-state index in [4.69, 9.17) is 4.74 Å². The highest BCUT2D eigenvalue weighted by Gasteiger charge is 2.20. The molecule has 0 saturated heterocycles. The second kappa shape index (κ2) is 6.22. The Labute approximate surface area is 122 Å². The van der Waals surface area contributed by atoms with Crippen molar-refractivity contribution in [2.45, 2.75) is 32.0 Å². The molecule has 2 nitrogen and oxygen atoms in total. The average molecular weight is 289 g/mol. The summed E-state index contributed by atoms with van der Waals surface area (Å²) in [6, 6.07) is 11.6. The van der Waals surface area contributed by atoms with Gasteiger partial charge < -0.3 is 10.1 Å². The van der Waals surface area contributed by atoms with Gasteiger partial charge in [-0.15, -0.1) is 0 Å². The molecule has 3 rings (SSSR count). The predicted octanol–water partition coefficient (Wildman–Crippen LogP) is 3.80. The monoisotopic (exact) mass is 289 g/mol. The summed E-state index contributed by atoms with van der Waals surface area (Å²) in [5.74, 6) is -0.232. The second-order valence-electron chi connectivity index (χ2n) is 5.33. The van der Waals surface area contributed by atoms with E-state index in [-0.39, 0.29) is 18.2 Å². The van der Waals surface area contributed by atoms with Gasteiger partial charge in [0.05, 0.1) is 0 Å². The Hall–Kier alpha value is -1.94. The fourth-order valence-electron chi connectivity index (χ4n) is 2.13. The second-order valence-corrected chi connectivity index (χ2v) is 5.33. The Kier molecular flexibility index (Phi) is 4.15. The first-order valence-electron chi connectivity index (χ1n) is 7.10. The largest absolute Gasteiger partial charge is 0.489 e. The Morgan fingerprint density at radius 2 is 1.90 bits per heavy atom. The Bertz CT molecular complexity index is 626. The zero-order valence-corrected chi connectivity index (χ0v) is 11.6. The molecule has 4 heteroatoms. The molecule has 1 fully saturated rings. The van der Waals surface area contributed by atoms with Gasteiger partial charge in [0.25, 0.3) is 0 Å². The molecule has 0 amide bonds. The van der Waals surface area contributed by atoms with Gasteiger partial charge in [-0.25, -0.2) is 8.78 Å². The molecule has 0 heterocycles. The van der Waals surface area contributed by atoms with E-state index in [9.17, 15) is 8.78 Å². The van der Waals surface area contributed by atoms with Gasteiger partial charge in [-0.1, -0.05) is 18.2 Å². The lowest BCUT2D eigenvalue weighted by molar-refractivity contribution is 0.298. The Balaban J connectivity index is 1.65. The number of nitrogens with one attached hydrogen (secondary N) is 1. The van der Waals surface area contributed by atoms with E-state index in [1.165, 1.54) is 31.0 Å². The molecule has 110 valence electrons. The molecular formula is C17H17F2NO. The van der Waals surface area contributed by atoms with E-state index < -0.39 is 0 Å². The molecule has 1 aliphatic carbocycles. The minimum absolute atomic E-state index is 0.0889. The van der Waals surface area contributed by atoms with Crippen LogP contribution in [-0.4, -0.2) is 6.04 Å². The van der Waals surface area contributed by atoms with Gasteiger partial charge in [0.15, 0.2) is 0 Å². The van der Waals surface area contributed by atoms with Crippen LogP contribution in [0.1, 0.15) is 24.0 Å². The number of hydrogen-bond acceptors (Lipinski definition) is 2. The zero-order valence-electron chi connectivity index (χ0n) is 11.6. The van der Waals surface area contributed by atoms with E-state index in [1.807, 2.05) is 0 Å². The van der Waals surface area contributed by atoms with E-state index >= 15 is 0 Å². The first-order valence-corrected chi connectivity index (χ1v) is 7.10. The number of rotatable bonds is 6. The minimum Gasteiger partial charge on any atom is -0.489 e. The Morgan fingerprint density at radius 1 is 1.10 bits per heavy atom. The molecule has 2 aromatic carbocycles. The SMILES string of the molecule is Fc1cc(CNC2CC2)cc(OCc2ccccc2F)c1. The number of ether oxygens (including phenoxy) is 1. The summed E-state index contributed by atoms with van der Waals surface area (Å²) in [6.07, 6.45) is 2.37. The molecule has 0 aromatic heterocycles. The van der Waals surface area contributed by atoms with Crippen molar-refractivity contribution in [3.05, 3.63) is 65.2 Å². The summed E-state index contributed by atoms with van der Waals surface area (Å²) in [6.45, 7) is 0.712. The molecule has 0 atom stereocenters. The third-order valence-electron chi connectivity index (χ3n) is 3.46. The van der Waals surface area contributed by atoms with Gasteiger partial charge in [-0.05, 0) is 36.6 Å². The average Bonchev–Trinajstić information content (AvgIpc) is 3.28. The molecule has 1 N–H and O–H groups in total. The van der Waals surface area contributed by atoms with Crippen LogP contribution in [0, 0.1) is 11.6 Å². The normalized spacial score (nSPS) is 14.2. The summed E-state index contributed by atoms with van der Waals surface area (Å²) >= 11 is 0. The van der Waals surface area contributed by atoms with Crippen LogP contribution in [0.25, 0.3) is 0 Å². The Morgan fingerprint density at radius 3 is 2.67 bits per heavy atom. The van der Waals surface area contributed by atoms with Crippen molar-refractivity contribution in [2.75, 3.05) is 0 Å². The summed E-state index contributed by atoms with van der Waals surface area (Å²) in [5.41, 5.74) is 1.30. The molecule has 21 heavy (non-hydrogen) atoms. The lowest BCUT2D eigenvalue weighted by atomic mass is 10.2. The fraction of sp³-hybridized carbons (Fsp3) is 0.294. The van der Waals surface area contributed by atoms with Gasteiger partial charge in [0.1, 0.15) is 24.0 Å². The molecule has 0 spiro atoms. The highest BCUT2D eigenvalue weighted by Crippen LogP contribution is 2.22. The molecule has 1 aliphatic rings. The van der Waals surface area contributed by atoms with E-state index in [2.05, 4.69) is 5.32 Å². The van der Waals surface area contributed by atoms with Crippen LogP contribution in [0.15, 0.2) is 42.5 Å². The highest BCUT2D eigenvalue weighted by atomic mass is 19.1. The van der Waals surface area contributed by atoms with Crippen LogP contribution in [0.2, 0.25) is 0 Å². The van der Waals surface area contributed by atoms with Crippen molar-refractivity contribution < 1.29 is 13.5 Å². The van der Waals surface area contributed by atoms with Crippen molar-refractivity contribution in [2.24, 2.45) is 0 Å². The first-order chi connectivity index (χ1) is 10.2. The predicted molar refractivity (Wildman–Crippen MR) is 77.0 cm³/mol. The number of halogens is 2. The lowest BCUT2D eigenvalue weighted by Crippen LogP contribution is -2.15. The molecule has 1 saturated carbocycles. The van der Waals surface area contributed by atoms with Crippen molar-refractivity contribution >= 4 is 0 Å². The van der Waals surface area contributed by atoms with E-state index in [0.717, 1.165) is 5.56 Å². The third kappa shape index (κ3) is 4.02. The standard InChI is InChI=1S/C17H17F2NO/c18-14-7-12(10-20-15-5-6-15)8-16(9-14)21-11-13-3-1-2-4-17(13)19/h1-4,7-9,15,20H,5-6,10-11H2. The van der Waals surface area contributed by atoms with Gasteiger partial charge in [0.2, 0.25) is 0 Å². The van der Waals surface area contributed by atoms with Gasteiger partial charge in [-0.2, -0.15) is 0 Å². The molecule has 0 unspecified atom stereocenters. The topological polar surface area (TPSA) is 21.3 Å². The van der Waals surface area contributed by atoms with Crippen LogP contribution >= 0.6 is 0 Å². The first kappa shape index (κ1) is 14.0. The summed E-state index contributed by atoms with van der Waals surface area (Å²) in [7, 11) is 0. The third-order valence-corrected chi connectivity index (χ3v) is 3.46. The van der Waals surface area contributed by atoms with Crippen LogP contribution in [0.4, 0.5) is 8.78 Å². The van der Waals surface area contributed by atoms with Crippen LogP contribution < -0.4 is 10.1 Å². The van der Waals surface area contributed by atoms with Crippen LogP contribution in [-0.2, 0) is 13.2 Å². The maximum Gasteiger partial charge on any atom is 0.129 e. The fourth-order valence-corrected chi connectivity index (χ4v) is 2.13. The number of hydrogen-bond donors (Lipinski definition) is 1. The maximum absolute atomic E-state index is 13.6. The van der Waals surface area contributed by atoms with Crippen molar-refractivity contribution in [1.29, 1.82) is 0 Å². The van der Waals surface area contributed by atoms with Gasteiger partial charge in [-0.3, -0.25) is 0 Å². The van der Waals surface area contributed by atoms with Gasteiger partial charge in [0, 0.05) is 24.2 Å². The highest BCUT2D eigenvalue weighted by molar-refractivity contribution is 5.30. The van der Waals surface area contributed by atoms with Gasteiger partial charge >= 0.3 is 0 Å². The lowest BCUT2D eigenvalue weighted by Gasteiger charge is -2.10. The maximum atomic E-state index is 13.6. The quantitative estimate of drug-likeness (QED) is 0.873. The van der Waals surface area contributed by atoms with Crippen molar-refractivity contribution in [3.8, 4) is 5.75 Å². The number of benzene rings is 2. The minimum atomic E-state index is -0.339. The molecule has 2 aromatic rings. The van der Waals surface area contributed by atoms with Crippen molar-refractivity contribution in [3.63, 3.8) is 0 Å². The smallest absolute Gasteiger partial charge is 0.129 e. The van der Waals surface area contributed by atoms with E-state index in [0.29, 0.717) is 23.9 Å². The van der Waals surface area contributed by atoms with Crippen LogP contribution in [0.3, 0.4) is 0 Å². The zero-order chi connectivity index (χ0) is 14.7. The molecule has 0 radical (unpaired) electrons. The van der Waals surface area contributed by atoms with Crippen LogP contribution in [0.5, 0.6) is 5.75 Å². The summed E-state index contributed by atoms with van der Waals surface area (Å²) < 4.78 is 32.6. The molecule has 0 aliphatic heterocycles. The molecular weight excluding hydrogens is 272 g/mol. The van der Waals surface area contributed by atoms with E-state index in [1.54, 1.807) is 24.3 Å². The molecule has 0 bridgehead atoms. The summed E-state index contributed by atoms with van der Waals surface area (Å²) in [5, 5.41) is 3.33. The van der Waals surface area contributed by atoms with Crippen molar-refractivity contribution in [1.82, 2.24) is 5.32 Å². The summed E-state index contributed by atoms with van der Waals surface area (Å²) in [4.78, 5) is 0.